The molecule has 1 rings (SSSR count). The van der Waals surface area contributed by atoms with Crippen LogP contribution in [0.1, 0.15) is 20.3 Å². The second kappa shape index (κ2) is 6.71. The number of amides is 1. The zero-order chi connectivity index (χ0) is 11.8. The van der Waals surface area contributed by atoms with Gasteiger partial charge in [-0.3, -0.25) is 5.32 Å². The minimum absolute atomic E-state index is 0.351. The van der Waals surface area contributed by atoms with E-state index in [4.69, 9.17) is 9.47 Å². The number of hydrogen-bond donors (Lipinski definition) is 1. The fourth-order valence-corrected chi connectivity index (χ4v) is 1.18. The van der Waals surface area contributed by atoms with Crippen molar-refractivity contribution >= 4 is 11.8 Å². The zero-order valence-electron chi connectivity index (χ0n) is 9.66. The van der Waals surface area contributed by atoms with Crippen molar-refractivity contribution in [3.63, 3.8) is 0 Å². The standard InChI is InChI=1S/C12H17NO3/c1-3-9-16-11-8-6-5-7-10(11)13-12(14)15-4-2/h5-8H,3-4,9H2,1-2H3,(H,13,14). The summed E-state index contributed by atoms with van der Waals surface area (Å²) in [6.45, 7) is 4.77. The molecule has 0 aromatic heterocycles. The molecule has 0 unspecified atom stereocenters. The van der Waals surface area contributed by atoms with Crippen LogP contribution in [0.25, 0.3) is 0 Å². The van der Waals surface area contributed by atoms with E-state index in [9.17, 15) is 4.79 Å². The summed E-state index contributed by atoms with van der Waals surface area (Å²) in [5.74, 6) is 0.664. The van der Waals surface area contributed by atoms with E-state index in [2.05, 4.69) is 5.32 Å². The Morgan fingerprint density at radius 3 is 2.75 bits per heavy atom. The van der Waals surface area contributed by atoms with Gasteiger partial charge in [-0.15, -0.1) is 0 Å². The van der Waals surface area contributed by atoms with Crippen LogP contribution in [0.15, 0.2) is 24.3 Å². The largest absolute Gasteiger partial charge is 0.491 e. The van der Waals surface area contributed by atoms with Crippen LogP contribution in [0.2, 0.25) is 0 Å². The van der Waals surface area contributed by atoms with Gasteiger partial charge in [0.25, 0.3) is 0 Å². The van der Waals surface area contributed by atoms with Gasteiger partial charge in [-0.1, -0.05) is 19.1 Å². The minimum atomic E-state index is -0.463. The van der Waals surface area contributed by atoms with Crippen molar-refractivity contribution in [2.45, 2.75) is 20.3 Å². The topological polar surface area (TPSA) is 47.6 Å². The van der Waals surface area contributed by atoms with E-state index in [1.54, 1.807) is 13.0 Å². The van der Waals surface area contributed by atoms with E-state index < -0.39 is 6.09 Å². The molecule has 1 aromatic rings. The lowest BCUT2D eigenvalue weighted by atomic mass is 10.3. The molecule has 0 atom stereocenters. The van der Waals surface area contributed by atoms with Gasteiger partial charge in [0.15, 0.2) is 0 Å². The molecule has 0 spiro atoms. The molecule has 4 nitrogen and oxygen atoms in total. The zero-order valence-corrected chi connectivity index (χ0v) is 9.66. The van der Waals surface area contributed by atoms with Crippen molar-refractivity contribution in [1.82, 2.24) is 0 Å². The molecular weight excluding hydrogens is 206 g/mol. The molecule has 4 heteroatoms. The van der Waals surface area contributed by atoms with Gasteiger partial charge >= 0.3 is 6.09 Å². The van der Waals surface area contributed by atoms with Gasteiger partial charge < -0.3 is 9.47 Å². The molecule has 0 aliphatic rings. The molecule has 1 N–H and O–H groups in total. The molecule has 1 amide bonds. The maximum atomic E-state index is 11.2. The number of rotatable bonds is 5. The summed E-state index contributed by atoms with van der Waals surface area (Å²) in [5.41, 5.74) is 0.634. The maximum absolute atomic E-state index is 11.2. The lowest BCUT2D eigenvalue weighted by Gasteiger charge is -2.11. The van der Waals surface area contributed by atoms with E-state index in [0.29, 0.717) is 24.7 Å². The third kappa shape index (κ3) is 3.81. The number of anilines is 1. The first kappa shape index (κ1) is 12.4. The Morgan fingerprint density at radius 2 is 2.06 bits per heavy atom. The Bertz CT molecular complexity index is 339. The maximum Gasteiger partial charge on any atom is 0.411 e. The Balaban J connectivity index is 2.66. The summed E-state index contributed by atoms with van der Waals surface area (Å²) in [7, 11) is 0. The molecule has 0 saturated carbocycles. The summed E-state index contributed by atoms with van der Waals surface area (Å²) in [6.07, 6.45) is 0.461. The average Bonchev–Trinajstić information content (AvgIpc) is 2.28. The summed E-state index contributed by atoms with van der Waals surface area (Å²) in [4.78, 5) is 11.2. The third-order valence-corrected chi connectivity index (χ3v) is 1.86. The van der Waals surface area contributed by atoms with E-state index >= 15 is 0 Å². The van der Waals surface area contributed by atoms with Crippen LogP contribution in [-0.4, -0.2) is 19.3 Å². The highest BCUT2D eigenvalue weighted by Gasteiger charge is 2.06. The van der Waals surface area contributed by atoms with Crippen LogP contribution in [0.3, 0.4) is 0 Å². The first-order valence-corrected chi connectivity index (χ1v) is 5.43. The number of nitrogens with one attached hydrogen (secondary N) is 1. The summed E-state index contributed by atoms with van der Waals surface area (Å²) in [5, 5.41) is 2.63. The Hall–Kier alpha value is -1.71. The molecule has 16 heavy (non-hydrogen) atoms. The molecule has 88 valence electrons. The van der Waals surface area contributed by atoms with Crippen LogP contribution in [0, 0.1) is 0 Å². The van der Waals surface area contributed by atoms with Crippen molar-refractivity contribution in [2.75, 3.05) is 18.5 Å². The van der Waals surface area contributed by atoms with Crippen LogP contribution in [-0.2, 0) is 4.74 Å². The number of carbonyl (C=O) groups is 1. The van der Waals surface area contributed by atoms with Gasteiger partial charge in [0.2, 0.25) is 0 Å². The molecule has 0 saturated heterocycles. The third-order valence-electron chi connectivity index (χ3n) is 1.86. The molecule has 0 aliphatic heterocycles. The molecular formula is C12H17NO3. The normalized spacial score (nSPS) is 9.62. The van der Waals surface area contributed by atoms with E-state index in [1.165, 1.54) is 0 Å². The van der Waals surface area contributed by atoms with E-state index in [0.717, 1.165) is 6.42 Å². The predicted octanol–water partition coefficient (Wildman–Crippen LogP) is 3.04. The molecule has 0 radical (unpaired) electrons. The SMILES string of the molecule is CCCOc1ccccc1NC(=O)OCC. The lowest BCUT2D eigenvalue weighted by molar-refractivity contribution is 0.167. The van der Waals surface area contributed by atoms with Crippen molar-refractivity contribution < 1.29 is 14.3 Å². The smallest absolute Gasteiger partial charge is 0.411 e. The minimum Gasteiger partial charge on any atom is -0.491 e. The summed E-state index contributed by atoms with van der Waals surface area (Å²) in [6, 6.07) is 7.29. The highest BCUT2D eigenvalue weighted by atomic mass is 16.5. The fraction of sp³-hybridized carbons (Fsp3) is 0.417. The van der Waals surface area contributed by atoms with Crippen LogP contribution in [0.5, 0.6) is 5.75 Å². The Kier molecular flexibility index (Phi) is 5.19. The fourth-order valence-electron chi connectivity index (χ4n) is 1.18. The van der Waals surface area contributed by atoms with E-state index in [-0.39, 0.29) is 0 Å². The van der Waals surface area contributed by atoms with Gasteiger partial charge in [-0.25, -0.2) is 4.79 Å². The molecule has 1 aromatic carbocycles. The number of ether oxygens (including phenoxy) is 2. The van der Waals surface area contributed by atoms with Gasteiger partial charge in [-0.05, 0) is 25.5 Å². The van der Waals surface area contributed by atoms with Crippen LogP contribution in [0.4, 0.5) is 10.5 Å². The highest BCUT2D eigenvalue weighted by Crippen LogP contribution is 2.23. The lowest BCUT2D eigenvalue weighted by Crippen LogP contribution is -2.14. The van der Waals surface area contributed by atoms with Crippen molar-refractivity contribution in [1.29, 1.82) is 0 Å². The Morgan fingerprint density at radius 1 is 1.31 bits per heavy atom. The first-order valence-electron chi connectivity index (χ1n) is 5.43. The molecule has 0 heterocycles. The van der Waals surface area contributed by atoms with Crippen LogP contribution >= 0.6 is 0 Å². The quantitative estimate of drug-likeness (QED) is 0.834. The number of para-hydroxylation sites is 2. The van der Waals surface area contributed by atoms with Crippen molar-refractivity contribution in [3.05, 3.63) is 24.3 Å². The van der Waals surface area contributed by atoms with Crippen LogP contribution < -0.4 is 10.1 Å². The van der Waals surface area contributed by atoms with Gasteiger partial charge in [0, 0.05) is 0 Å². The van der Waals surface area contributed by atoms with Crippen molar-refractivity contribution in [3.8, 4) is 5.75 Å². The predicted molar refractivity (Wildman–Crippen MR) is 62.9 cm³/mol. The second-order valence-electron chi connectivity index (χ2n) is 3.19. The summed E-state index contributed by atoms with van der Waals surface area (Å²) >= 11 is 0. The average molecular weight is 223 g/mol. The van der Waals surface area contributed by atoms with Gasteiger partial charge in [-0.2, -0.15) is 0 Å². The monoisotopic (exact) mass is 223 g/mol. The number of hydrogen-bond acceptors (Lipinski definition) is 3. The second-order valence-corrected chi connectivity index (χ2v) is 3.19. The van der Waals surface area contributed by atoms with Gasteiger partial charge in [0.05, 0.1) is 18.9 Å². The van der Waals surface area contributed by atoms with E-state index in [1.807, 2.05) is 25.1 Å². The molecule has 0 fully saturated rings. The molecule has 0 bridgehead atoms. The number of carbonyl (C=O) groups excluding carboxylic acids is 1. The number of benzene rings is 1. The first-order chi connectivity index (χ1) is 7.77. The Labute approximate surface area is 95.6 Å². The summed E-state index contributed by atoms with van der Waals surface area (Å²) < 4.78 is 10.3. The molecule has 0 aliphatic carbocycles. The van der Waals surface area contributed by atoms with Crippen molar-refractivity contribution in [2.24, 2.45) is 0 Å². The highest BCUT2D eigenvalue weighted by molar-refractivity contribution is 5.86. The van der Waals surface area contributed by atoms with Gasteiger partial charge in [0.1, 0.15) is 5.75 Å².